The van der Waals surface area contributed by atoms with Crippen molar-refractivity contribution in [3.8, 4) is 22.6 Å². The second-order valence-corrected chi connectivity index (χ2v) is 4.27. The fourth-order valence-electron chi connectivity index (χ4n) is 2.00. The average Bonchev–Trinajstić information content (AvgIpc) is 2.37. The summed E-state index contributed by atoms with van der Waals surface area (Å²) in [6.45, 7) is 3.72. The molecule has 19 heavy (non-hydrogen) atoms. The molecule has 4 nitrogen and oxygen atoms in total. The Morgan fingerprint density at radius 3 is 2.37 bits per heavy atom. The minimum absolute atomic E-state index is 0.0468. The van der Waals surface area contributed by atoms with Gasteiger partial charge in [0.25, 0.3) is 0 Å². The van der Waals surface area contributed by atoms with Gasteiger partial charge in [0.05, 0.1) is 0 Å². The van der Waals surface area contributed by atoms with Crippen molar-refractivity contribution in [1.29, 1.82) is 0 Å². The Balaban J connectivity index is 2.66. The summed E-state index contributed by atoms with van der Waals surface area (Å²) in [7, 11) is 0. The third-order valence-electron chi connectivity index (χ3n) is 3.04. The zero-order chi connectivity index (χ0) is 14.0. The zero-order valence-corrected chi connectivity index (χ0v) is 10.7. The van der Waals surface area contributed by atoms with Gasteiger partial charge in [-0.2, -0.15) is 0 Å². The molecule has 0 heterocycles. The lowest BCUT2D eigenvalue weighted by molar-refractivity contribution is 0.143. The lowest BCUT2D eigenvalue weighted by Crippen LogP contribution is -2.04. The van der Waals surface area contributed by atoms with E-state index >= 15 is 0 Å². The van der Waals surface area contributed by atoms with E-state index in [1.54, 1.807) is 0 Å². The van der Waals surface area contributed by atoms with E-state index < -0.39 is 6.16 Å². The van der Waals surface area contributed by atoms with Crippen LogP contribution in [0.15, 0.2) is 36.4 Å². The fraction of sp³-hybridized carbons (Fsp3) is 0.133. The number of aromatic hydroxyl groups is 1. The molecule has 0 aliphatic heterocycles. The molecule has 0 saturated carbocycles. The normalized spacial score (nSPS) is 10.2. The largest absolute Gasteiger partial charge is 0.511 e. The summed E-state index contributed by atoms with van der Waals surface area (Å²) < 4.78 is 4.61. The van der Waals surface area contributed by atoms with Gasteiger partial charge in [-0.25, -0.2) is 4.79 Å². The van der Waals surface area contributed by atoms with Crippen molar-refractivity contribution in [3.05, 3.63) is 47.5 Å². The van der Waals surface area contributed by atoms with E-state index in [0.717, 1.165) is 16.7 Å². The molecule has 98 valence electrons. The number of phenolic OH excluding ortho intramolecular Hbond substituents is 1. The highest BCUT2D eigenvalue weighted by Gasteiger charge is 2.17. The summed E-state index contributed by atoms with van der Waals surface area (Å²) in [5, 5.41) is 18.9. The molecule has 0 aliphatic carbocycles. The smallest absolute Gasteiger partial charge is 0.504 e. The van der Waals surface area contributed by atoms with Gasteiger partial charge in [0.2, 0.25) is 0 Å². The van der Waals surface area contributed by atoms with E-state index in [0.29, 0.717) is 5.56 Å². The van der Waals surface area contributed by atoms with Crippen LogP contribution in [0.25, 0.3) is 11.1 Å². The van der Waals surface area contributed by atoms with Crippen LogP contribution in [0, 0.1) is 13.8 Å². The number of hydrogen-bond acceptors (Lipinski definition) is 3. The SMILES string of the molecule is Cc1cc(OC(=O)O)c(O)c(-c2ccccc2)c1C. The summed E-state index contributed by atoms with van der Waals surface area (Å²) in [5.41, 5.74) is 3.16. The van der Waals surface area contributed by atoms with Crippen molar-refractivity contribution in [2.45, 2.75) is 13.8 Å². The highest BCUT2D eigenvalue weighted by molar-refractivity contribution is 5.79. The molecule has 4 heteroatoms. The number of hydrogen-bond donors (Lipinski definition) is 2. The van der Waals surface area contributed by atoms with Crippen LogP contribution in [0.3, 0.4) is 0 Å². The quantitative estimate of drug-likeness (QED) is 0.636. The summed E-state index contributed by atoms with van der Waals surface area (Å²) in [6, 6.07) is 10.8. The Kier molecular flexibility index (Phi) is 3.42. The molecule has 0 aliphatic rings. The van der Waals surface area contributed by atoms with Crippen LogP contribution in [-0.4, -0.2) is 16.4 Å². The van der Waals surface area contributed by atoms with Crippen LogP contribution in [0.4, 0.5) is 4.79 Å². The highest BCUT2D eigenvalue weighted by Crippen LogP contribution is 2.41. The van der Waals surface area contributed by atoms with Crippen LogP contribution >= 0.6 is 0 Å². The van der Waals surface area contributed by atoms with E-state index in [1.165, 1.54) is 6.07 Å². The maximum atomic E-state index is 10.6. The molecular weight excluding hydrogens is 244 g/mol. The van der Waals surface area contributed by atoms with E-state index in [4.69, 9.17) is 5.11 Å². The van der Waals surface area contributed by atoms with Crippen molar-refractivity contribution < 1.29 is 19.7 Å². The van der Waals surface area contributed by atoms with Gasteiger partial charge in [-0.3, -0.25) is 0 Å². The molecular formula is C15H14O4. The van der Waals surface area contributed by atoms with Gasteiger partial charge in [0.15, 0.2) is 11.5 Å². The average molecular weight is 258 g/mol. The standard InChI is InChI=1S/C15H14O4/c1-9-8-12(19-15(17)18)14(16)13(10(9)2)11-6-4-3-5-7-11/h3-8,16H,1-2H3,(H,17,18). The van der Waals surface area contributed by atoms with E-state index in [-0.39, 0.29) is 11.5 Å². The molecule has 0 spiro atoms. The second kappa shape index (κ2) is 5.02. The Bertz CT molecular complexity index is 618. The van der Waals surface area contributed by atoms with Gasteiger partial charge >= 0.3 is 6.16 Å². The second-order valence-electron chi connectivity index (χ2n) is 4.27. The van der Waals surface area contributed by atoms with E-state index in [9.17, 15) is 9.90 Å². The van der Waals surface area contributed by atoms with Gasteiger partial charge < -0.3 is 14.9 Å². The first kappa shape index (κ1) is 13.0. The Morgan fingerprint density at radius 2 is 1.79 bits per heavy atom. The van der Waals surface area contributed by atoms with Crippen molar-refractivity contribution in [2.24, 2.45) is 0 Å². The minimum atomic E-state index is -1.45. The molecule has 0 amide bonds. The summed E-state index contributed by atoms with van der Waals surface area (Å²) in [5.74, 6) is -0.203. The molecule has 0 radical (unpaired) electrons. The molecule has 2 aromatic rings. The number of ether oxygens (including phenoxy) is 1. The minimum Gasteiger partial charge on any atom is -0.504 e. The molecule has 2 aromatic carbocycles. The number of carbonyl (C=O) groups is 1. The zero-order valence-electron chi connectivity index (χ0n) is 10.7. The van der Waals surface area contributed by atoms with Crippen LogP contribution in [0.1, 0.15) is 11.1 Å². The summed E-state index contributed by atoms with van der Waals surface area (Å²) in [6.07, 6.45) is -1.45. The first-order chi connectivity index (χ1) is 9.00. The molecule has 0 unspecified atom stereocenters. The number of carboxylic acid groups (broad SMARTS) is 1. The van der Waals surface area contributed by atoms with Gasteiger partial charge in [-0.15, -0.1) is 0 Å². The van der Waals surface area contributed by atoms with Crippen LogP contribution in [0.2, 0.25) is 0 Å². The van der Waals surface area contributed by atoms with Crippen LogP contribution < -0.4 is 4.74 Å². The Hall–Kier alpha value is -2.49. The lowest BCUT2D eigenvalue weighted by Gasteiger charge is -2.14. The number of aryl methyl sites for hydroxylation is 1. The molecule has 0 saturated heterocycles. The third kappa shape index (κ3) is 2.52. The van der Waals surface area contributed by atoms with Gasteiger partial charge in [-0.1, -0.05) is 30.3 Å². The summed E-state index contributed by atoms with van der Waals surface area (Å²) >= 11 is 0. The first-order valence-corrected chi connectivity index (χ1v) is 5.80. The number of rotatable bonds is 2. The number of phenols is 1. The molecule has 0 bridgehead atoms. The van der Waals surface area contributed by atoms with Gasteiger partial charge in [-0.05, 0) is 36.6 Å². The molecule has 0 aromatic heterocycles. The topological polar surface area (TPSA) is 66.8 Å². The predicted molar refractivity (Wildman–Crippen MR) is 71.7 cm³/mol. The lowest BCUT2D eigenvalue weighted by atomic mass is 9.95. The van der Waals surface area contributed by atoms with Gasteiger partial charge in [0, 0.05) is 5.56 Å². The molecule has 0 atom stereocenters. The van der Waals surface area contributed by atoms with E-state index in [2.05, 4.69) is 4.74 Å². The predicted octanol–water partition coefficient (Wildman–Crippen LogP) is 3.73. The van der Waals surface area contributed by atoms with Crippen molar-refractivity contribution >= 4 is 6.16 Å². The number of benzene rings is 2. The van der Waals surface area contributed by atoms with Crippen molar-refractivity contribution in [2.75, 3.05) is 0 Å². The Labute approximate surface area is 110 Å². The van der Waals surface area contributed by atoms with Crippen molar-refractivity contribution in [1.82, 2.24) is 0 Å². The monoisotopic (exact) mass is 258 g/mol. The third-order valence-corrected chi connectivity index (χ3v) is 3.04. The molecule has 0 fully saturated rings. The Morgan fingerprint density at radius 1 is 1.16 bits per heavy atom. The fourth-order valence-corrected chi connectivity index (χ4v) is 2.00. The summed E-state index contributed by atoms with van der Waals surface area (Å²) in [4.78, 5) is 10.6. The van der Waals surface area contributed by atoms with Crippen LogP contribution in [-0.2, 0) is 0 Å². The van der Waals surface area contributed by atoms with E-state index in [1.807, 2.05) is 44.2 Å². The highest BCUT2D eigenvalue weighted by atomic mass is 16.7. The van der Waals surface area contributed by atoms with Crippen LogP contribution in [0.5, 0.6) is 11.5 Å². The molecule has 2 rings (SSSR count). The first-order valence-electron chi connectivity index (χ1n) is 5.80. The maximum Gasteiger partial charge on any atom is 0.511 e. The maximum absolute atomic E-state index is 10.6. The van der Waals surface area contributed by atoms with Crippen molar-refractivity contribution in [3.63, 3.8) is 0 Å². The molecule has 2 N–H and O–H groups in total. The van der Waals surface area contributed by atoms with Gasteiger partial charge in [0.1, 0.15) is 0 Å².